The molecule has 112 valence electrons. The summed E-state index contributed by atoms with van der Waals surface area (Å²) in [6.45, 7) is 0. The Balaban J connectivity index is 2.43. The number of anilines is 2. The standard InChI is InChI=1S/C11H7Br2ClFN3O2S/c12-6-2-10(9(16)3-8(6)15)21(19,20)18-5-1-7(13)11(14)17-4-5/h1-4,18H,16H2. The first-order chi connectivity index (χ1) is 9.70. The van der Waals surface area contributed by atoms with Crippen molar-refractivity contribution in [2.45, 2.75) is 4.90 Å². The molecule has 2 rings (SSSR count). The Bertz CT molecular complexity index is 817. The number of nitrogens with one attached hydrogen (secondary N) is 1. The minimum absolute atomic E-state index is 0.00696. The first kappa shape index (κ1) is 16.5. The maximum absolute atomic E-state index is 13.3. The van der Waals surface area contributed by atoms with Gasteiger partial charge in [-0.25, -0.2) is 17.8 Å². The minimum atomic E-state index is -3.99. The molecule has 0 fully saturated rings. The van der Waals surface area contributed by atoms with Gasteiger partial charge in [-0.05, 0) is 50.1 Å². The highest BCUT2D eigenvalue weighted by molar-refractivity contribution is 9.10. The lowest BCUT2D eigenvalue weighted by Gasteiger charge is -2.11. The molecule has 0 saturated heterocycles. The van der Waals surface area contributed by atoms with Gasteiger partial charge in [-0.2, -0.15) is 0 Å². The van der Waals surface area contributed by atoms with Crippen molar-refractivity contribution >= 4 is 64.9 Å². The van der Waals surface area contributed by atoms with E-state index in [4.69, 9.17) is 17.3 Å². The van der Waals surface area contributed by atoms with Crippen molar-refractivity contribution in [3.05, 3.63) is 44.3 Å². The molecule has 0 bridgehead atoms. The summed E-state index contributed by atoms with van der Waals surface area (Å²) >= 11 is 11.8. The Morgan fingerprint density at radius 3 is 2.52 bits per heavy atom. The van der Waals surface area contributed by atoms with Crippen molar-refractivity contribution in [2.24, 2.45) is 0 Å². The first-order valence-electron chi connectivity index (χ1n) is 5.29. The first-order valence-corrected chi connectivity index (χ1v) is 8.74. The van der Waals surface area contributed by atoms with E-state index in [1.54, 1.807) is 0 Å². The third kappa shape index (κ3) is 3.65. The van der Waals surface area contributed by atoms with Crippen LogP contribution < -0.4 is 10.5 Å². The molecule has 0 aliphatic heterocycles. The van der Waals surface area contributed by atoms with Gasteiger partial charge in [0.1, 0.15) is 15.9 Å². The van der Waals surface area contributed by atoms with Crippen LogP contribution in [0, 0.1) is 5.82 Å². The molecule has 0 radical (unpaired) electrons. The molecule has 5 nitrogen and oxygen atoms in total. The van der Waals surface area contributed by atoms with Crippen LogP contribution in [0.1, 0.15) is 0 Å². The number of sulfonamides is 1. The highest BCUT2D eigenvalue weighted by atomic mass is 79.9. The van der Waals surface area contributed by atoms with Gasteiger partial charge < -0.3 is 5.73 Å². The largest absolute Gasteiger partial charge is 0.398 e. The molecule has 0 aliphatic rings. The van der Waals surface area contributed by atoms with E-state index in [9.17, 15) is 12.8 Å². The number of aromatic nitrogens is 1. The molecule has 2 aromatic rings. The van der Waals surface area contributed by atoms with Crippen LogP contribution in [0.4, 0.5) is 15.8 Å². The lowest BCUT2D eigenvalue weighted by Crippen LogP contribution is -2.15. The van der Waals surface area contributed by atoms with E-state index < -0.39 is 15.8 Å². The fourth-order valence-corrected chi connectivity index (χ4v) is 3.59. The van der Waals surface area contributed by atoms with Crippen LogP contribution in [0.15, 0.2) is 38.2 Å². The van der Waals surface area contributed by atoms with E-state index >= 15 is 0 Å². The van der Waals surface area contributed by atoms with Crippen LogP contribution in [-0.4, -0.2) is 13.4 Å². The summed E-state index contributed by atoms with van der Waals surface area (Å²) in [6.07, 6.45) is 1.25. The van der Waals surface area contributed by atoms with Crippen molar-refractivity contribution in [2.75, 3.05) is 10.5 Å². The van der Waals surface area contributed by atoms with Crippen molar-refractivity contribution in [1.82, 2.24) is 4.98 Å². The Labute approximate surface area is 142 Å². The number of hydrogen-bond acceptors (Lipinski definition) is 4. The summed E-state index contributed by atoms with van der Waals surface area (Å²) in [5.74, 6) is -0.651. The summed E-state index contributed by atoms with van der Waals surface area (Å²) in [5.41, 5.74) is 5.54. The molecule has 1 aromatic heterocycles. The van der Waals surface area contributed by atoms with E-state index in [2.05, 4.69) is 41.6 Å². The highest BCUT2D eigenvalue weighted by Crippen LogP contribution is 2.29. The van der Waals surface area contributed by atoms with Crippen molar-refractivity contribution < 1.29 is 12.8 Å². The number of rotatable bonds is 3. The molecular formula is C11H7Br2ClFN3O2S. The van der Waals surface area contributed by atoms with Gasteiger partial charge in [0.2, 0.25) is 0 Å². The van der Waals surface area contributed by atoms with Crippen LogP contribution in [0.25, 0.3) is 0 Å². The van der Waals surface area contributed by atoms with E-state index in [1.807, 2.05) is 0 Å². The lowest BCUT2D eigenvalue weighted by molar-refractivity contribution is 0.599. The monoisotopic (exact) mass is 457 g/mol. The van der Waals surface area contributed by atoms with Gasteiger partial charge in [0, 0.05) is 0 Å². The Hall–Kier alpha value is -0.900. The third-order valence-corrected chi connectivity index (χ3v) is 5.57. The zero-order valence-corrected chi connectivity index (χ0v) is 14.8. The molecule has 0 aliphatic carbocycles. The van der Waals surface area contributed by atoms with Crippen LogP contribution >= 0.6 is 43.5 Å². The summed E-state index contributed by atoms with van der Waals surface area (Å²) in [6, 6.07) is 3.46. The Morgan fingerprint density at radius 1 is 1.24 bits per heavy atom. The summed E-state index contributed by atoms with van der Waals surface area (Å²) in [4.78, 5) is 3.55. The van der Waals surface area contributed by atoms with E-state index in [-0.39, 0.29) is 25.9 Å². The average Bonchev–Trinajstić information content (AvgIpc) is 2.37. The van der Waals surface area contributed by atoms with Crippen molar-refractivity contribution in [3.8, 4) is 0 Å². The zero-order valence-electron chi connectivity index (χ0n) is 10.1. The van der Waals surface area contributed by atoms with E-state index in [0.29, 0.717) is 4.47 Å². The van der Waals surface area contributed by atoms with Crippen molar-refractivity contribution in [1.29, 1.82) is 0 Å². The second-order valence-corrected chi connectivity index (χ2v) is 7.62. The number of nitrogen functional groups attached to an aromatic ring is 1. The molecular weight excluding hydrogens is 452 g/mol. The molecule has 0 unspecified atom stereocenters. The summed E-state index contributed by atoms with van der Waals surface area (Å²) in [7, 11) is -3.99. The summed E-state index contributed by atoms with van der Waals surface area (Å²) < 4.78 is 40.6. The van der Waals surface area contributed by atoms with Gasteiger partial charge in [0.15, 0.2) is 0 Å². The van der Waals surface area contributed by atoms with Gasteiger partial charge >= 0.3 is 0 Å². The maximum atomic E-state index is 13.3. The topological polar surface area (TPSA) is 85.1 Å². The number of pyridine rings is 1. The Morgan fingerprint density at radius 2 is 1.90 bits per heavy atom. The molecule has 1 aromatic carbocycles. The van der Waals surface area contributed by atoms with Crippen molar-refractivity contribution in [3.63, 3.8) is 0 Å². The van der Waals surface area contributed by atoms with E-state index in [1.165, 1.54) is 12.3 Å². The molecule has 0 atom stereocenters. The fraction of sp³-hybridized carbons (Fsp3) is 0. The van der Waals surface area contributed by atoms with Crippen LogP contribution in [0.5, 0.6) is 0 Å². The molecule has 3 N–H and O–H groups in total. The molecule has 0 spiro atoms. The lowest BCUT2D eigenvalue weighted by atomic mass is 10.3. The van der Waals surface area contributed by atoms with Gasteiger partial charge in [-0.3, -0.25) is 4.72 Å². The zero-order chi connectivity index (χ0) is 15.8. The number of nitrogens with zero attached hydrogens (tertiary/aromatic N) is 1. The molecule has 0 amide bonds. The number of benzene rings is 1. The van der Waals surface area contributed by atoms with Gasteiger partial charge in [0.25, 0.3) is 10.0 Å². The number of halogens is 4. The summed E-state index contributed by atoms with van der Waals surface area (Å²) in [5, 5.41) is 0.196. The second-order valence-electron chi connectivity index (χ2n) is 3.91. The minimum Gasteiger partial charge on any atom is -0.398 e. The maximum Gasteiger partial charge on any atom is 0.264 e. The quantitative estimate of drug-likeness (QED) is 0.540. The normalized spacial score (nSPS) is 11.4. The number of hydrogen-bond donors (Lipinski definition) is 2. The Kier molecular flexibility index (Phi) is 4.76. The SMILES string of the molecule is Nc1cc(F)c(Br)cc1S(=O)(=O)Nc1cnc(Cl)c(Br)c1. The van der Waals surface area contributed by atoms with Gasteiger partial charge in [-0.15, -0.1) is 0 Å². The second kappa shape index (κ2) is 6.07. The predicted molar refractivity (Wildman–Crippen MR) is 86.3 cm³/mol. The average molecular weight is 460 g/mol. The van der Waals surface area contributed by atoms with Crippen LogP contribution in [0.2, 0.25) is 5.15 Å². The molecule has 0 saturated carbocycles. The predicted octanol–water partition coefficient (Wildman–Crippen LogP) is 3.78. The van der Waals surface area contributed by atoms with Crippen LogP contribution in [-0.2, 0) is 10.0 Å². The van der Waals surface area contributed by atoms with Gasteiger partial charge in [-0.1, -0.05) is 11.6 Å². The van der Waals surface area contributed by atoms with E-state index in [0.717, 1.165) is 12.1 Å². The van der Waals surface area contributed by atoms with Crippen LogP contribution in [0.3, 0.4) is 0 Å². The highest BCUT2D eigenvalue weighted by Gasteiger charge is 2.20. The molecule has 10 heteroatoms. The number of nitrogens with two attached hydrogens (primary N) is 1. The third-order valence-electron chi connectivity index (χ3n) is 2.39. The fourth-order valence-electron chi connectivity index (χ4n) is 1.46. The smallest absolute Gasteiger partial charge is 0.264 e. The van der Waals surface area contributed by atoms with Gasteiger partial charge in [0.05, 0.1) is 26.5 Å². The molecule has 1 heterocycles. The molecule has 21 heavy (non-hydrogen) atoms.